The molecule has 4 nitrogen and oxygen atoms in total. The van der Waals surface area contributed by atoms with Crippen LogP contribution in [0.15, 0.2) is 60.0 Å². The largest absolute Gasteiger partial charge is 0.385 e. The van der Waals surface area contributed by atoms with Crippen molar-refractivity contribution in [3.05, 3.63) is 92.6 Å². The van der Waals surface area contributed by atoms with E-state index in [4.69, 9.17) is 11.6 Å². The molecule has 164 valence electrons. The van der Waals surface area contributed by atoms with Crippen molar-refractivity contribution >= 4 is 32.8 Å². The summed E-state index contributed by atoms with van der Waals surface area (Å²) in [7, 11) is -3.87. The number of rotatable bonds is 6. The fourth-order valence-corrected chi connectivity index (χ4v) is 6.92. The Balaban J connectivity index is 1.68. The van der Waals surface area contributed by atoms with Gasteiger partial charge in [-0.25, -0.2) is 17.2 Å². The zero-order valence-electron chi connectivity index (χ0n) is 16.5. The van der Waals surface area contributed by atoms with E-state index < -0.39 is 32.3 Å². The molecule has 2 heterocycles. The van der Waals surface area contributed by atoms with Crippen molar-refractivity contribution in [3.8, 4) is 0 Å². The number of benzene rings is 2. The predicted molar refractivity (Wildman–Crippen MR) is 118 cm³/mol. The first kappa shape index (κ1) is 22.4. The topological polar surface area (TPSA) is 57.6 Å². The van der Waals surface area contributed by atoms with Gasteiger partial charge in [-0.05, 0) is 46.8 Å². The van der Waals surface area contributed by atoms with Gasteiger partial charge in [-0.2, -0.15) is 0 Å². The van der Waals surface area contributed by atoms with Crippen molar-refractivity contribution in [1.82, 2.24) is 4.90 Å². The van der Waals surface area contributed by atoms with Crippen molar-refractivity contribution in [2.24, 2.45) is 0 Å². The van der Waals surface area contributed by atoms with Gasteiger partial charge in [0.25, 0.3) is 0 Å². The molecular weight excluding hydrogens is 464 g/mol. The highest BCUT2D eigenvalue weighted by atomic mass is 35.5. The first-order valence-corrected chi connectivity index (χ1v) is 12.7. The molecule has 0 bridgehead atoms. The molecule has 1 N–H and O–H groups in total. The minimum Gasteiger partial charge on any atom is -0.385 e. The second-order valence-electron chi connectivity index (χ2n) is 7.89. The van der Waals surface area contributed by atoms with Crippen LogP contribution in [0.25, 0.3) is 0 Å². The summed E-state index contributed by atoms with van der Waals surface area (Å²) in [5, 5.41) is 12.4. The summed E-state index contributed by atoms with van der Waals surface area (Å²) in [6.07, 6.45) is 0.969. The molecule has 1 aliphatic heterocycles. The van der Waals surface area contributed by atoms with Crippen LogP contribution in [-0.4, -0.2) is 43.4 Å². The van der Waals surface area contributed by atoms with E-state index >= 15 is 0 Å². The van der Waals surface area contributed by atoms with Gasteiger partial charge in [0.2, 0.25) is 0 Å². The van der Waals surface area contributed by atoms with Crippen molar-refractivity contribution in [2.45, 2.75) is 16.9 Å². The minimum absolute atomic E-state index is 0.0219. The maximum atomic E-state index is 13.8. The summed E-state index contributed by atoms with van der Waals surface area (Å²) in [5.74, 6) is -1.78. The Morgan fingerprint density at radius 1 is 1.06 bits per heavy atom. The average molecular weight is 484 g/mol. The number of hydrogen-bond acceptors (Lipinski definition) is 5. The maximum absolute atomic E-state index is 13.8. The van der Waals surface area contributed by atoms with Crippen LogP contribution in [0.5, 0.6) is 0 Å². The SMILES string of the molecule is CS(=O)(=O)[C@@H](c1cc(F)cc(F)c1)C1(O)CN([C@@H](c2ccc(Cl)cc2)c2cccs2)C1. The quantitative estimate of drug-likeness (QED) is 0.556. The van der Waals surface area contributed by atoms with E-state index in [-0.39, 0.29) is 24.7 Å². The summed E-state index contributed by atoms with van der Waals surface area (Å²) < 4.78 is 52.7. The third-order valence-corrected chi connectivity index (χ3v) is 8.17. The summed E-state index contributed by atoms with van der Waals surface area (Å²) in [6.45, 7) is 0.0438. The molecule has 0 aliphatic carbocycles. The molecule has 1 saturated heterocycles. The molecule has 2 aromatic carbocycles. The molecule has 3 aromatic rings. The lowest BCUT2D eigenvalue weighted by Crippen LogP contribution is -2.66. The third-order valence-electron chi connectivity index (χ3n) is 5.42. The van der Waals surface area contributed by atoms with Crippen LogP contribution < -0.4 is 0 Å². The van der Waals surface area contributed by atoms with Gasteiger partial charge in [0.15, 0.2) is 9.84 Å². The fourth-order valence-electron chi connectivity index (χ4n) is 4.33. The van der Waals surface area contributed by atoms with Crippen LogP contribution in [0.2, 0.25) is 5.02 Å². The first-order chi connectivity index (χ1) is 14.6. The number of thiophene rings is 1. The Morgan fingerprint density at radius 3 is 2.19 bits per heavy atom. The van der Waals surface area contributed by atoms with Crippen molar-refractivity contribution in [3.63, 3.8) is 0 Å². The van der Waals surface area contributed by atoms with Crippen LogP contribution in [-0.2, 0) is 9.84 Å². The molecule has 0 spiro atoms. The molecule has 1 aromatic heterocycles. The lowest BCUT2D eigenvalue weighted by molar-refractivity contribution is -0.112. The van der Waals surface area contributed by atoms with Crippen molar-refractivity contribution in [1.29, 1.82) is 0 Å². The molecule has 2 atom stereocenters. The smallest absolute Gasteiger partial charge is 0.157 e. The molecule has 0 saturated carbocycles. The van der Waals surface area contributed by atoms with Crippen LogP contribution >= 0.6 is 22.9 Å². The van der Waals surface area contributed by atoms with Gasteiger partial charge in [0.05, 0.1) is 6.04 Å². The summed E-state index contributed by atoms with van der Waals surface area (Å²) in [5.41, 5.74) is -0.835. The number of likely N-dealkylation sites (tertiary alicyclic amines) is 1. The number of halogens is 3. The first-order valence-electron chi connectivity index (χ1n) is 9.47. The van der Waals surface area contributed by atoms with E-state index in [0.29, 0.717) is 11.1 Å². The number of β-amino-alcohol motifs (C(OH)–C–C–N with tert-alkyl or cyclic N) is 1. The van der Waals surface area contributed by atoms with Crippen molar-refractivity contribution < 1.29 is 22.3 Å². The van der Waals surface area contributed by atoms with E-state index in [1.165, 1.54) is 0 Å². The number of aliphatic hydroxyl groups is 1. The van der Waals surface area contributed by atoms with E-state index in [9.17, 15) is 22.3 Å². The van der Waals surface area contributed by atoms with Crippen LogP contribution in [0.3, 0.4) is 0 Å². The zero-order valence-corrected chi connectivity index (χ0v) is 18.9. The fraction of sp³-hybridized carbons (Fsp3) is 0.273. The van der Waals surface area contributed by atoms with E-state index in [0.717, 1.165) is 28.8 Å². The Hall–Kier alpha value is -1.84. The lowest BCUT2D eigenvalue weighted by atomic mass is 9.84. The Kier molecular flexibility index (Phi) is 5.95. The van der Waals surface area contributed by atoms with E-state index in [2.05, 4.69) is 0 Å². The molecule has 31 heavy (non-hydrogen) atoms. The molecule has 9 heteroatoms. The number of sulfone groups is 1. The third kappa shape index (κ3) is 4.54. The van der Waals surface area contributed by atoms with Gasteiger partial charge < -0.3 is 5.11 Å². The van der Waals surface area contributed by atoms with Gasteiger partial charge in [0, 0.05) is 35.3 Å². The molecule has 0 radical (unpaired) electrons. The standard InChI is InChI=1S/C22H20ClF2NO3S2/c1-31(28,29)21(15-9-17(24)11-18(25)10-15)22(27)12-26(13-22)20(19-3-2-8-30-19)14-4-6-16(23)7-5-14/h2-11,20-21,27H,12-13H2,1H3/t20-,21-/m0/s1. The molecular formula is C22H20ClF2NO3S2. The monoisotopic (exact) mass is 483 g/mol. The van der Waals surface area contributed by atoms with E-state index in [1.807, 2.05) is 34.5 Å². The second-order valence-corrected chi connectivity index (χ2v) is 11.4. The van der Waals surface area contributed by atoms with Crippen LogP contribution in [0, 0.1) is 11.6 Å². The van der Waals surface area contributed by atoms with Gasteiger partial charge in [-0.1, -0.05) is 29.8 Å². The normalized spacial score (nSPS) is 18.4. The maximum Gasteiger partial charge on any atom is 0.157 e. The highest BCUT2D eigenvalue weighted by molar-refractivity contribution is 7.91. The molecule has 0 unspecified atom stereocenters. The van der Waals surface area contributed by atoms with Crippen LogP contribution in [0.4, 0.5) is 8.78 Å². The average Bonchev–Trinajstić information content (AvgIpc) is 3.14. The number of hydrogen-bond donors (Lipinski definition) is 1. The van der Waals surface area contributed by atoms with Gasteiger partial charge in [-0.15, -0.1) is 11.3 Å². The predicted octanol–water partition coefficient (Wildman–Crippen LogP) is 4.60. The Bertz CT molecular complexity index is 1160. The molecule has 0 amide bonds. The van der Waals surface area contributed by atoms with Gasteiger partial charge >= 0.3 is 0 Å². The summed E-state index contributed by atoms with van der Waals surface area (Å²) >= 11 is 7.57. The molecule has 1 fully saturated rings. The highest BCUT2D eigenvalue weighted by Gasteiger charge is 2.54. The molecule has 1 aliphatic rings. The van der Waals surface area contributed by atoms with Crippen LogP contribution in [0.1, 0.15) is 27.3 Å². The second kappa shape index (κ2) is 8.26. The molecule has 4 rings (SSSR count). The van der Waals surface area contributed by atoms with Gasteiger partial charge in [0.1, 0.15) is 22.5 Å². The van der Waals surface area contributed by atoms with Crippen molar-refractivity contribution in [2.75, 3.05) is 19.3 Å². The summed E-state index contributed by atoms with van der Waals surface area (Å²) in [4.78, 5) is 2.97. The zero-order chi connectivity index (χ0) is 22.4. The minimum atomic E-state index is -3.87. The Labute approximate surface area is 188 Å². The highest BCUT2D eigenvalue weighted by Crippen LogP contribution is 2.45. The number of nitrogens with zero attached hydrogens (tertiary/aromatic N) is 1. The van der Waals surface area contributed by atoms with E-state index in [1.54, 1.807) is 23.5 Å². The summed E-state index contributed by atoms with van der Waals surface area (Å²) in [6, 6.07) is 13.6. The Morgan fingerprint density at radius 2 is 1.68 bits per heavy atom. The van der Waals surface area contributed by atoms with Gasteiger partial charge in [-0.3, -0.25) is 4.90 Å². The lowest BCUT2D eigenvalue weighted by Gasteiger charge is -2.52.